The van der Waals surface area contributed by atoms with Crippen LogP contribution in [0.3, 0.4) is 0 Å². The second-order valence-electron chi connectivity index (χ2n) is 5.11. The maximum atomic E-state index is 5.36. The third-order valence-corrected chi connectivity index (χ3v) is 3.76. The van der Waals surface area contributed by atoms with E-state index in [2.05, 4.69) is 51.9 Å². The van der Waals surface area contributed by atoms with Gasteiger partial charge in [-0.25, -0.2) is 0 Å². The van der Waals surface area contributed by atoms with Gasteiger partial charge in [0.05, 0.1) is 17.8 Å². The zero-order valence-corrected chi connectivity index (χ0v) is 12.3. The minimum Gasteiger partial charge on any atom is -0.381 e. The third kappa shape index (κ3) is 2.90. The Bertz CT molecular complexity index is 735. The number of rotatable bonds is 5. The normalized spacial score (nSPS) is 12.5. The fourth-order valence-corrected chi connectivity index (χ4v) is 2.41. The van der Waals surface area contributed by atoms with Crippen molar-refractivity contribution in [3.63, 3.8) is 0 Å². The highest BCUT2D eigenvalue weighted by molar-refractivity contribution is 5.81. The van der Waals surface area contributed by atoms with E-state index in [1.807, 2.05) is 19.2 Å². The van der Waals surface area contributed by atoms with E-state index in [1.165, 1.54) is 11.1 Å². The van der Waals surface area contributed by atoms with Gasteiger partial charge < -0.3 is 10.1 Å². The summed E-state index contributed by atoms with van der Waals surface area (Å²) in [5.41, 5.74) is 4.55. The number of para-hydroxylation sites is 1. The Morgan fingerprint density at radius 2 is 2.10 bits per heavy atom. The van der Waals surface area contributed by atoms with Crippen LogP contribution in [-0.2, 0) is 11.3 Å². The van der Waals surface area contributed by atoms with Gasteiger partial charge in [0.25, 0.3) is 0 Å². The summed E-state index contributed by atoms with van der Waals surface area (Å²) >= 11 is 0. The van der Waals surface area contributed by atoms with E-state index in [4.69, 9.17) is 4.74 Å². The molecule has 1 heterocycles. The van der Waals surface area contributed by atoms with Gasteiger partial charge in [-0.15, -0.1) is 0 Å². The van der Waals surface area contributed by atoms with Gasteiger partial charge in [0, 0.05) is 24.7 Å². The topological polar surface area (TPSA) is 49.9 Å². The predicted octanol–water partition coefficient (Wildman–Crippen LogP) is 3.88. The number of H-pyrrole nitrogens is 1. The fraction of sp³-hybridized carbons (Fsp3) is 0.235. The van der Waals surface area contributed by atoms with Crippen molar-refractivity contribution in [2.75, 3.05) is 12.4 Å². The summed E-state index contributed by atoms with van der Waals surface area (Å²) in [5.74, 6) is 0. The average Bonchev–Trinajstić information content (AvgIpc) is 3.01. The molecular formula is C17H19N3O. The van der Waals surface area contributed by atoms with Crippen molar-refractivity contribution < 1.29 is 4.74 Å². The lowest BCUT2D eigenvalue weighted by atomic mass is 10.1. The van der Waals surface area contributed by atoms with E-state index in [-0.39, 0.29) is 6.10 Å². The summed E-state index contributed by atoms with van der Waals surface area (Å²) in [7, 11) is 1.73. The monoisotopic (exact) mass is 281 g/mol. The van der Waals surface area contributed by atoms with Gasteiger partial charge in [0.1, 0.15) is 0 Å². The van der Waals surface area contributed by atoms with Gasteiger partial charge in [-0.2, -0.15) is 5.10 Å². The Morgan fingerprint density at radius 1 is 1.24 bits per heavy atom. The van der Waals surface area contributed by atoms with E-state index >= 15 is 0 Å². The van der Waals surface area contributed by atoms with Crippen LogP contribution >= 0.6 is 0 Å². The number of nitrogens with zero attached hydrogens (tertiary/aromatic N) is 1. The minimum atomic E-state index is 0.0998. The van der Waals surface area contributed by atoms with Crippen LogP contribution in [0.4, 0.5) is 5.69 Å². The van der Waals surface area contributed by atoms with Gasteiger partial charge in [0.15, 0.2) is 0 Å². The van der Waals surface area contributed by atoms with Crippen LogP contribution in [0.1, 0.15) is 24.2 Å². The van der Waals surface area contributed by atoms with Crippen molar-refractivity contribution in [1.82, 2.24) is 10.2 Å². The molecule has 0 aliphatic heterocycles. The average molecular weight is 281 g/mol. The molecule has 0 radical (unpaired) electrons. The van der Waals surface area contributed by atoms with Crippen LogP contribution < -0.4 is 5.32 Å². The molecule has 0 saturated carbocycles. The first-order chi connectivity index (χ1) is 10.3. The quantitative estimate of drug-likeness (QED) is 0.746. The van der Waals surface area contributed by atoms with Crippen LogP contribution in [-0.4, -0.2) is 17.3 Å². The number of benzene rings is 2. The van der Waals surface area contributed by atoms with Crippen LogP contribution in [0, 0.1) is 0 Å². The molecule has 3 aromatic rings. The Hall–Kier alpha value is -2.33. The number of ether oxygens (including phenoxy) is 1. The molecule has 0 spiro atoms. The van der Waals surface area contributed by atoms with Crippen molar-refractivity contribution in [3.05, 3.63) is 59.8 Å². The summed E-state index contributed by atoms with van der Waals surface area (Å²) in [6, 6.07) is 14.5. The van der Waals surface area contributed by atoms with Crippen LogP contribution in [0.15, 0.2) is 48.7 Å². The molecule has 4 heteroatoms. The van der Waals surface area contributed by atoms with Gasteiger partial charge in [-0.3, -0.25) is 5.10 Å². The molecule has 0 amide bonds. The number of fused-ring (bicyclic) bond motifs is 1. The number of aromatic amines is 1. The highest BCUT2D eigenvalue weighted by atomic mass is 16.5. The molecule has 0 fully saturated rings. The van der Waals surface area contributed by atoms with Crippen LogP contribution in [0.2, 0.25) is 0 Å². The Labute approximate surface area is 124 Å². The van der Waals surface area contributed by atoms with E-state index in [9.17, 15) is 0 Å². The number of nitrogens with one attached hydrogen (secondary N) is 2. The molecular weight excluding hydrogens is 262 g/mol. The van der Waals surface area contributed by atoms with Crippen molar-refractivity contribution in [1.29, 1.82) is 0 Å². The standard InChI is InChI=1S/C17H19N3O/c1-12(21-2)13-5-4-8-16(9-13)18-10-14-6-3-7-15-11-19-20-17(14)15/h3-9,11-12,18H,10H2,1-2H3,(H,19,20). The van der Waals surface area contributed by atoms with E-state index in [0.717, 1.165) is 23.1 Å². The van der Waals surface area contributed by atoms with Gasteiger partial charge >= 0.3 is 0 Å². The predicted molar refractivity (Wildman–Crippen MR) is 85.3 cm³/mol. The first kappa shape index (κ1) is 13.6. The van der Waals surface area contributed by atoms with E-state index in [1.54, 1.807) is 7.11 Å². The summed E-state index contributed by atoms with van der Waals surface area (Å²) in [5, 5.41) is 11.7. The summed E-state index contributed by atoms with van der Waals surface area (Å²) in [6.45, 7) is 2.80. The Morgan fingerprint density at radius 3 is 2.95 bits per heavy atom. The number of methoxy groups -OCH3 is 1. The second kappa shape index (κ2) is 5.97. The first-order valence-electron chi connectivity index (χ1n) is 7.05. The van der Waals surface area contributed by atoms with Crippen molar-refractivity contribution in [2.24, 2.45) is 0 Å². The molecule has 0 saturated heterocycles. The highest BCUT2D eigenvalue weighted by Crippen LogP contribution is 2.21. The molecule has 3 rings (SSSR count). The molecule has 1 unspecified atom stereocenters. The lowest BCUT2D eigenvalue weighted by Gasteiger charge is -2.13. The molecule has 2 aromatic carbocycles. The smallest absolute Gasteiger partial charge is 0.0793 e. The lowest BCUT2D eigenvalue weighted by molar-refractivity contribution is 0.119. The fourth-order valence-electron chi connectivity index (χ4n) is 2.41. The number of aromatic nitrogens is 2. The highest BCUT2D eigenvalue weighted by Gasteiger charge is 2.05. The van der Waals surface area contributed by atoms with Crippen molar-refractivity contribution >= 4 is 16.6 Å². The summed E-state index contributed by atoms with van der Waals surface area (Å²) < 4.78 is 5.36. The zero-order chi connectivity index (χ0) is 14.7. The van der Waals surface area contributed by atoms with E-state index < -0.39 is 0 Å². The molecule has 1 aromatic heterocycles. The van der Waals surface area contributed by atoms with Gasteiger partial charge in [-0.05, 0) is 30.2 Å². The molecule has 1 atom stereocenters. The maximum Gasteiger partial charge on any atom is 0.0793 e. The molecule has 0 bridgehead atoms. The molecule has 0 aliphatic rings. The second-order valence-corrected chi connectivity index (χ2v) is 5.11. The molecule has 108 valence electrons. The van der Waals surface area contributed by atoms with Gasteiger partial charge in [0.2, 0.25) is 0 Å². The first-order valence-corrected chi connectivity index (χ1v) is 7.05. The van der Waals surface area contributed by atoms with Gasteiger partial charge in [-0.1, -0.05) is 30.3 Å². The number of hydrogen-bond acceptors (Lipinski definition) is 3. The Balaban J connectivity index is 1.77. The maximum absolute atomic E-state index is 5.36. The molecule has 21 heavy (non-hydrogen) atoms. The lowest BCUT2D eigenvalue weighted by Crippen LogP contribution is -2.02. The summed E-state index contributed by atoms with van der Waals surface area (Å²) in [6.07, 6.45) is 1.95. The van der Waals surface area contributed by atoms with Crippen LogP contribution in [0.25, 0.3) is 10.9 Å². The third-order valence-electron chi connectivity index (χ3n) is 3.76. The van der Waals surface area contributed by atoms with Crippen molar-refractivity contribution in [2.45, 2.75) is 19.6 Å². The Kier molecular flexibility index (Phi) is 3.88. The SMILES string of the molecule is COC(C)c1cccc(NCc2cccc3cn[nH]c23)c1. The minimum absolute atomic E-state index is 0.0998. The molecule has 2 N–H and O–H groups in total. The molecule has 4 nitrogen and oxygen atoms in total. The zero-order valence-electron chi connectivity index (χ0n) is 12.3. The van der Waals surface area contributed by atoms with Crippen LogP contribution in [0.5, 0.6) is 0 Å². The molecule has 0 aliphatic carbocycles. The number of anilines is 1. The largest absolute Gasteiger partial charge is 0.381 e. The summed E-state index contributed by atoms with van der Waals surface area (Å²) in [4.78, 5) is 0. The number of hydrogen-bond donors (Lipinski definition) is 2. The van der Waals surface area contributed by atoms with E-state index in [0.29, 0.717) is 0 Å². The van der Waals surface area contributed by atoms with Crippen molar-refractivity contribution in [3.8, 4) is 0 Å².